The zero-order valence-corrected chi connectivity index (χ0v) is 22.5. The molecule has 10 nitrogen and oxygen atoms in total. The third kappa shape index (κ3) is 5.48. The Morgan fingerprint density at radius 1 is 1.18 bits per heavy atom. The molecule has 0 spiro atoms. The summed E-state index contributed by atoms with van der Waals surface area (Å²) in [6, 6.07) is 6.78. The summed E-state index contributed by atoms with van der Waals surface area (Å²) in [5.74, 6) is -0.437. The van der Waals surface area contributed by atoms with Gasteiger partial charge in [-0.25, -0.2) is 13.4 Å². The zero-order chi connectivity index (χ0) is 27.9. The third-order valence-corrected chi connectivity index (χ3v) is 9.97. The van der Waals surface area contributed by atoms with Gasteiger partial charge >= 0.3 is 6.61 Å². The Bertz CT molecular complexity index is 1520. The van der Waals surface area contributed by atoms with Crippen LogP contribution in [-0.4, -0.2) is 70.6 Å². The van der Waals surface area contributed by atoms with Crippen LogP contribution in [0.5, 0.6) is 5.75 Å². The standard InChI is InChI=1S/C26H31F2N5O5S/c1-26(35)11-3-4-21(26)33-22-16(14-20(23(33)34)38-24(27)28)15-29-25(31-22)30-17-5-7-18(8-6-17)39(36,37)19-9-12-32(2)13-10-19/h5-8,14-15,19,21,24,35H,3-4,9-13H2,1-2H3,(H,29,30,31)/t21-,26-/m1/s1. The summed E-state index contributed by atoms with van der Waals surface area (Å²) in [6.07, 6.45) is 4.09. The number of anilines is 2. The molecule has 2 fully saturated rings. The molecule has 5 rings (SSSR count). The van der Waals surface area contributed by atoms with E-state index >= 15 is 0 Å². The number of aliphatic hydroxyl groups is 1. The van der Waals surface area contributed by atoms with Crippen LogP contribution in [0.25, 0.3) is 11.0 Å². The van der Waals surface area contributed by atoms with E-state index in [2.05, 4.69) is 24.9 Å². The van der Waals surface area contributed by atoms with Crippen LogP contribution in [-0.2, 0) is 9.84 Å². The minimum atomic E-state index is -3.46. The lowest BCUT2D eigenvalue weighted by Gasteiger charge is -2.28. The molecule has 2 N–H and O–H groups in total. The SMILES string of the molecule is CN1CCC(S(=O)(=O)c2ccc(Nc3ncc4cc(OC(F)F)c(=O)n([C@@H]5CCC[C@@]5(C)O)c4n3)cc2)CC1. The highest BCUT2D eigenvalue weighted by Gasteiger charge is 2.40. The van der Waals surface area contributed by atoms with Crippen molar-refractivity contribution >= 4 is 32.5 Å². The van der Waals surface area contributed by atoms with Crippen molar-refractivity contribution in [2.45, 2.75) is 67.4 Å². The highest BCUT2D eigenvalue weighted by Crippen LogP contribution is 2.40. The van der Waals surface area contributed by atoms with Crippen molar-refractivity contribution in [1.29, 1.82) is 0 Å². The van der Waals surface area contributed by atoms with Crippen molar-refractivity contribution in [2.75, 3.05) is 25.5 Å². The minimum absolute atomic E-state index is 0.113. The molecule has 13 heteroatoms. The Morgan fingerprint density at radius 2 is 1.87 bits per heavy atom. The number of aromatic nitrogens is 3. The maximum Gasteiger partial charge on any atom is 0.387 e. The van der Waals surface area contributed by atoms with Gasteiger partial charge in [0.15, 0.2) is 15.6 Å². The summed E-state index contributed by atoms with van der Waals surface area (Å²) in [4.78, 5) is 24.3. The van der Waals surface area contributed by atoms with Gasteiger partial charge in [-0.2, -0.15) is 13.8 Å². The predicted molar refractivity (Wildman–Crippen MR) is 141 cm³/mol. The Morgan fingerprint density at radius 3 is 2.49 bits per heavy atom. The number of nitrogens with zero attached hydrogens (tertiary/aromatic N) is 4. The molecule has 1 saturated heterocycles. The van der Waals surface area contributed by atoms with Crippen molar-refractivity contribution in [3.8, 4) is 5.75 Å². The second-order valence-electron chi connectivity index (χ2n) is 10.5. The smallest absolute Gasteiger partial charge is 0.387 e. The summed E-state index contributed by atoms with van der Waals surface area (Å²) in [5.41, 5.74) is -1.37. The summed E-state index contributed by atoms with van der Waals surface area (Å²) in [5, 5.41) is 13.8. The maximum absolute atomic E-state index is 13.2. The van der Waals surface area contributed by atoms with E-state index in [1.165, 1.54) is 22.9 Å². The fourth-order valence-corrected chi connectivity index (χ4v) is 7.24. The van der Waals surface area contributed by atoms with Crippen LogP contribution >= 0.6 is 0 Å². The number of pyridine rings is 1. The summed E-state index contributed by atoms with van der Waals surface area (Å²) in [7, 11) is -1.48. The Kier molecular flexibility index (Phi) is 7.33. The van der Waals surface area contributed by atoms with Gasteiger partial charge in [0.2, 0.25) is 5.95 Å². The van der Waals surface area contributed by atoms with Gasteiger partial charge in [-0.15, -0.1) is 0 Å². The van der Waals surface area contributed by atoms with E-state index < -0.39 is 44.7 Å². The molecule has 0 unspecified atom stereocenters. The average Bonchev–Trinajstić information content (AvgIpc) is 3.23. The van der Waals surface area contributed by atoms with E-state index in [-0.39, 0.29) is 21.9 Å². The van der Waals surface area contributed by atoms with Crippen molar-refractivity contribution in [3.63, 3.8) is 0 Å². The molecular weight excluding hydrogens is 532 g/mol. The van der Waals surface area contributed by atoms with Gasteiger partial charge < -0.3 is 20.1 Å². The Hall–Kier alpha value is -3.16. The van der Waals surface area contributed by atoms with Crippen LogP contribution in [0.1, 0.15) is 45.1 Å². The second kappa shape index (κ2) is 10.4. The first-order valence-corrected chi connectivity index (χ1v) is 14.4. The van der Waals surface area contributed by atoms with E-state index in [1.54, 1.807) is 19.1 Å². The van der Waals surface area contributed by atoms with E-state index in [0.717, 1.165) is 19.2 Å². The first kappa shape index (κ1) is 27.4. The number of likely N-dealkylation sites (tertiary alicyclic amines) is 1. The van der Waals surface area contributed by atoms with Gasteiger partial charge in [0.25, 0.3) is 5.56 Å². The molecule has 39 heavy (non-hydrogen) atoms. The quantitative estimate of drug-likeness (QED) is 0.444. The average molecular weight is 564 g/mol. The molecule has 1 aliphatic carbocycles. The normalized spacial score (nSPS) is 23.0. The molecular formula is C26H31F2N5O5S. The molecule has 2 aliphatic rings. The number of rotatable bonds is 7. The number of hydrogen-bond donors (Lipinski definition) is 2. The third-order valence-electron chi connectivity index (χ3n) is 7.69. The zero-order valence-electron chi connectivity index (χ0n) is 21.7. The van der Waals surface area contributed by atoms with Crippen LogP contribution in [0.2, 0.25) is 0 Å². The number of nitrogens with one attached hydrogen (secondary N) is 1. The van der Waals surface area contributed by atoms with Gasteiger partial charge in [-0.05, 0) is 89.5 Å². The Balaban J connectivity index is 1.46. The number of halogens is 2. The molecule has 1 aliphatic heterocycles. The Labute approximate surface area is 224 Å². The summed E-state index contributed by atoms with van der Waals surface area (Å²) >= 11 is 0. The van der Waals surface area contributed by atoms with E-state index in [4.69, 9.17) is 0 Å². The molecule has 3 heterocycles. The van der Waals surface area contributed by atoms with Crippen molar-refractivity contribution in [3.05, 3.63) is 46.9 Å². The number of benzene rings is 1. The van der Waals surface area contributed by atoms with Crippen LogP contribution < -0.4 is 15.6 Å². The lowest BCUT2D eigenvalue weighted by molar-refractivity contribution is -0.0513. The van der Waals surface area contributed by atoms with Gasteiger partial charge in [-0.3, -0.25) is 9.36 Å². The van der Waals surface area contributed by atoms with Gasteiger partial charge in [0.05, 0.1) is 21.8 Å². The number of ether oxygens (including phenoxy) is 1. The van der Waals surface area contributed by atoms with Gasteiger partial charge in [0.1, 0.15) is 5.65 Å². The molecule has 0 radical (unpaired) electrons. The van der Waals surface area contributed by atoms with Gasteiger partial charge in [-0.1, -0.05) is 0 Å². The molecule has 0 bridgehead atoms. The van der Waals surface area contributed by atoms with E-state index in [0.29, 0.717) is 37.8 Å². The lowest BCUT2D eigenvalue weighted by Crippen LogP contribution is -2.38. The lowest BCUT2D eigenvalue weighted by atomic mass is 10.00. The molecule has 3 aromatic rings. The predicted octanol–water partition coefficient (Wildman–Crippen LogP) is 3.48. The summed E-state index contributed by atoms with van der Waals surface area (Å²) in [6.45, 7) is -0.119. The number of hydrogen-bond acceptors (Lipinski definition) is 9. The number of fused-ring (bicyclic) bond motifs is 1. The highest BCUT2D eigenvalue weighted by atomic mass is 32.2. The monoisotopic (exact) mass is 563 g/mol. The van der Waals surface area contributed by atoms with Crippen molar-refractivity contribution < 1.29 is 27.0 Å². The fraction of sp³-hybridized carbons (Fsp3) is 0.500. The fourth-order valence-electron chi connectivity index (χ4n) is 5.51. The molecule has 210 valence electrons. The van der Waals surface area contributed by atoms with Crippen LogP contribution in [0.4, 0.5) is 20.4 Å². The van der Waals surface area contributed by atoms with Crippen LogP contribution in [0.3, 0.4) is 0 Å². The molecule has 2 atom stereocenters. The van der Waals surface area contributed by atoms with Gasteiger partial charge in [0, 0.05) is 17.3 Å². The molecule has 0 amide bonds. The number of sulfone groups is 1. The molecule has 1 aromatic carbocycles. The summed E-state index contributed by atoms with van der Waals surface area (Å²) < 4.78 is 57.8. The number of alkyl halides is 2. The highest BCUT2D eigenvalue weighted by molar-refractivity contribution is 7.92. The second-order valence-corrected chi connectivity index (χ2v) is 12.7. The number of piperidine rings is 1. The van der Waals surface area contributed by atoms with E-state index in [1.807, 2.05) is 7.05 Å². The van der Waals surface area contributed by atoms with E-state index in [9.17, 15) is 27.1 Å². The molecule has 2 aromatic heterocycles. The topological polar surface area (TPSA) is 127 Å². The molecule has 1 saturated carbocycles. The minimum Gasteiger partial charge on any atom is -0.429 e. The first-order valence-electron chi connectivity index (χ1n) is 12.8. The largest absolute Gasteiger partial charge is 0.429 e. The first-order chi connectivity index (χ1) is 18.5. The van der Waals surface area contributed by atoms with Crippen LogP contribution in [0.15, 0.2) is 46.2 Å². The van der Waals surface area contributed by atoms with Crippen molar-refractivity contribution in [1.82, 2.24) is 19.4 Å². The van der Waals surface area contributed by atoms with Crippen molar-refractivity contribution in [2.24, 2.45) is 0 Å². The maximum atomic E-state index is 13.2. The van der Waals surface area contributed by atoms with Crippen LogP contribution in [0, 0.1) is 0 Å².